The summed E-state index contributed by atoms with van der Waals surface area (Å²) in [6.07, 6.45) is -0.618. The number of aromatic nitrogens is 1. The van der Waals surface area contributed by atoms with Crippen molar-refractivity contribution < 1.29 is 19.1 Å². The molecule has 37 heavy (non-hydrogen) atoms. The number of nitriles is 1. The molecule has 0 unspecified atom stereocenters. The first-order chi connectivity index (χ1) is 17.5. The van der Waals surface area contributed by atoms with Gasteiger partial charge in [-0.25, -0.2) is 9.59 Å². The van der Waals surface area contributed by atoms with Crippen molar-refractivity contribution in [3.63, 3.8) is 0 Å². The number of carbonyl (C=O) groups is 1. The molecule has 4 aromatic rings. The fourth-order valence-electron chi connectivity index (χ4n) is 4.17. The van der Waals surface area contributed by atoms with E-state index < -0.39 is 17.3 Å². The number of rotatable bonds is 5. The molecule has 9 nitrogen and oxygen atoms in total. The lowest BCUT2D eigenvalue weighted by Crippen LogP contribution is -2.34. The van der Waals surface area contributed by atoms with Crippen molar-refractivity contribution in [2.24, 2.45) is 0 Å². The number of hydrogen-bond donors (Lipinski definition) is 3. The van der Waals surface area contributed by atoms with Crippen molar-refractivity contribution in [1.82, 2.24) is 9.88 Å². The number of fused-ring (bicyclic) bond motifs is 1. The van der Waals surface area contributed by atoms with Crippen LogP contribution in [0.4, 0.5) is 10.6 Å². The number of benzene rings is 2. The van der Waals surface area contributed by atoms with E-state index in [9.17, 15) is 20.0 Å². The number of nitrogen functional groups attached to an aromatic ring is 1. The van der Waals surface area contributed by atoms with Gasteiger partial charge in [0.2, 0.25) is 0 Å². The largest absolute Gasteiger partial charge is 0.506 e. The van der Waals surface area contributed by atoms with Crippen molar-refractivity contribution in [1.29, 1.82) is 5.26 Å². The van der Waals surface area contributed by atoms with E-state index in [2.05, 4.69) is 11.4 Å². The second-order valence-electron chi connectivity index (χ2n) is 9.65. The zero-order valence-corrected chi connectivity index (χ0v) is 21.1. The minimum Gasteiger partial charge on any atom is -0.506 e. The Balaban J connectivity index is 1.93. The van der Waals surface area contributed by atoms with Crippen molar-refractivity contribution in [3.8, 4) is 34.2 Å². The minimum absolute atomic E-state index is 0.0820. The van der Waals surface area contributed by atoms with Gasteiger partial charge in [0.1, 0.15) is 39.9 Å². The smallest absolute Gasteiger partial charge is 0.407 e. The maximum absolute atomic E-state index is 13.2. The Bertz CT molecular complexity index is 1580. The van der Waals surface area contributed by atoms with Crippen LogP contribution in [0.1, 0.15) is 31.9 Å². The van der Waals surface area contributed by atoms with E-state index in [1.165, 1.54) is 4.57 Å². The van der Waals surface area contributed by atoms with Crippen LogP contribution in [0.3, 0.4) is 0 Å². The first-order valence-corrected chi connectivity index (χ1v) is 11.7. The van der Waals surface area contributed by atoms with Crippen LogP contribution < -0.4 is 16.7 Å². The van der Waals surface area contributed by atoms with Gasteiger partial charge in [-0.2, -0.15) is 5.26 Å². The Morgan fingerprint density at radius 3 is 2.49 bits per heavy atom. The van der Waals surface area contributed by atoms with Gasteiger partial charge in [-0.1, -0.05) is 42.0 Å². The number of aryl methyl sites for hydroxylation is 1. The summed E-state index contributed by atoms with van der Waals surface area (Å²) >= 11 is 0. The molecule has 2 aromatic carbocycles. The third-order valence-electron chi connectivity index (χ3n) is 5.78. The van der Waals surface area contributed by atoms with Crippen LogP contribution in [0, 0.1) is 18.3 Å². The molecule has 0 saturated carbocycles. The zero-order chi connectivity index (χ0) is 26.9. The van der Waals surface area contributed by atoms with E-state index in [0.717, 1.165) is 5.56 Å². The van der Waals surface area contributed by atoms with Crippen LogP contribution in [0.25, 0.3) is 33.4 Å². The van der Waals surface area contributed by atoms with Crippen LogP contribution in [0.15, 0.2) is 57.7 Å². The van der Waals surface area contributed by atoms with E-state index in [4.69, 9.17) is 14.9 Å². The van der Waals surface area contributed by atoms with E-state index in [1.807, 2.05) is 31.2 Å². The van der Waals surface area contributed by atoms with Crippen LogP contribution in [0.5, 0.6) is 5.75 Å². The molecule has 2 heterocycles. The summed E-state index contributed by atoms with van der Waals surface area (Å²) < 4.78 is 12.4. The van der Waals surface area contributed by atoms with Gasteiger partial charge >= 0.3 is 11.7 Å². The summed E-state index contributed by atoms with van der Waals surface area (Å²) in [6, 6.07) is 16.2. The number of anilines is 1. The summed E-state index contributed by atoms with van der Waals surface area (Å²) in [5, 5.41) is 24.3. The predicted octanol–water partition coefficient (Wildman–Crippen LogP) is 4.92. The average Bonchev–Trinajstić information content (AvgIpc) is 3.09. The third kappa shape index (κ3) is 5.00. The van der Waals surface area contributed by atoms with Crippen LogP contribution in [0.2, 0.25) is 0 Å². The first-order valence-electron chi connectivity index (χ1n) is 11.7. The molecule has 0 spiro atoms. The molecule has 4 rings (SSSR count). The fourth-order valence-corrected chi connectivity index (χ4v) is 4.17. The highest BCUT2D eigenvalue weighted by Gasteiger charge is 2.29. The molecule has 0 aliphatic rings. The van der Waals surface area contributed by atoms with Crippen molar-refractivity contribution in [3.05, 3.63) is 70.1 Å². The second kappa shape index (κ2) is 9.74. The molecule has 190 valence electrons. The zero-order valence-electron chi connectivity index (χ0n) is 21.1. The number of nitrogens with one attached hydrogen (secondary N) is 1. The minimum atomic E-state index is -0.784. The summed E-state index contributed by atoms with van der Waals surface area (Å²) in [6.45, 7) is 7.36. The van der Waals surface area contributed by atoms with Gasteiger partial charge < -0.3 is 29.9 Å². The number of hydrogen-bond acceptors (Lipinski definition) is 7. The van der Waals surface area contributed by atoms with Gasteiger partial charge in [-0.3, -0.25) is 0 Å². The van der Waals surface area contributed by atoms with Gasteiger partial charge in [0.25, 0.3) is 0 Å². The number of nitrogens with two attached hydrogens (primary N) is 1. The van der Waals surface area contributed by atoms with Crippen molar-refractivity contribution in [2.75, 3.05) is 12.3 Å². The SMILES string of the molecule is Cc1ccc(-c2c(C#N)c(N)n(CCNC(=O)OC(C)(C)C)c2-c2c(O)c3ccccc3oc2=O)cc1. The lowest BCUT2D eigenvalue weighted by Gasteiger charge is -2.20. The van der Waals surface area contributed by atoms with E-state index >= 15 is 0 Å². The highest BCUT2D eigenvalue weighted by atomic mass is 16.6. The van der Waals surface area contributed by atoms with Gasteiger partial charge in [0, 0.05) is 18.7 Å². The quantitative estimate of drug-likeness (QED) is 0.330. The standard InChI is InChI=1S/C28H28N4O5/c1-16-9-11-17(12-10-16)21-19(15-29)25(30)32(14-13-31-27(35)37-28(2,3)4)23(21)22-24(33)18-7-5-6-8-20(18)36-26(22)34/h5-12,33H,13-14,30H2,1-4H3,(H,31,35). The van der Waals surface area contributed by atoms with Gasteiger partial charge in [-0.05, 0) is 45.4 Å². The first kappa shape index (κ1) is 25.4. The maximum atomic E-state index is 13.2. The molecule has 0 aliphatic heterocycles. The number of aromatic hydroxyl groups is 1. The van der Waals surface area contributed by atoms with Gasteiger partial charge in [0.05, 0.1) is 11.1 Å². The van der Waals surface area contributed by atoms with Crippen molar-refractivity contribution in [2.45, 2.75) is 39.8 Å². The van der Waals surface area contributed by atoms with Crippen LogP contribution in [-0.2, 0) is 11.3 Å². The topological polar surface area (TPSA) is 144 Å². The summed E-state index contributed by atoms with van der Waals surface area (Å²) in [5.41, 5.74) is 7.46. The lowest BCUT2D eigenvalue weighted by molar-refractivity contribution is 0.0526. The molecular weight excluding hydrogens is 472 g/mol. The van der Waals surface area contributed by atoms with E-state index in [-0.39, 0.29) is 47.1 Å². The normalized spacial score (nSPS) is 11.3. The fraction of sp³-hybridized carbons (Fsp3) is 0.250. The number of para-hydroxylation sites is 1. The number of alkyl carbamates (subject to hydrolysis) is 1. The molecule has 1 amide bonds. The van der Waals surface area contributed by atoms with E-state index in [0.29, 0.717) is 16.5 Å². The number of amides is 1. The van der Waals surface area contributed by atoms with Crippen LogP contribution in [-0.4, -0.2) is 27.9 Å². The summed E-state index contributed by atoms with van der Waals surface area (Å²) in [7, 11) is 0. The average molecular weight is 501 g/mol. The van der Waals surface area contributed by atoms with Crippen molar-refractivity contribution >= 4 is 22.9 Å². The molecular formula is C28H28N4O5. The summed E-state index contributed by atoms with van der Waals surface area (Å²) in [4.78, 5) is 25.4. The number of ether oxygens (including phenoxy) is 1. The lowest BCUT2D eigenvalue weighted by atomic mass is 9.97. The predicted molar refractivity (Wildman–Crippen MR) is 141 cm³/mol. The van der Waals surface area contributed by atoms with E-state index in [1.54, 1.807) is 45.0 Å². The number of carbonyl (C=O) groups excluding carboxylic acids is 1. The van der Waals surface area contributed by atoms with Gasteiger partial charge in [-0.15, -0.1) is 0 Å². The molecule has 0 saturated heterocycles. The third-order valence-corrected chi connectivity index (χ3v) is 5.78. The number of nitrogens with zero attached hydrogens (tertiary/aromatic N) is 2. The Labute approximate surface area is 213 Å². The van der Waals surface area contributed by atoms with Crippen LogP contribution >= 0.6 is 0 Å². The molecule has 0 aliphatic carbocycles. The Morgan fingerprint density at radius 1 is 1.16 bits per heavy atom. The summed E-state index contributed by atoms with van der Waals surface area (Å²) in [5.74, 6) is -0.199. The highest BCUT2D eigenvalue weighted by Crippen LogP contribution is 2.43. The Kier molecular flexibility index (Phi) is 6.68. The Hall–Kier alpha value is -4.71. The monoisotopic (exact) mass is 500 g/mol. The second-order valence-corrected chi connectivity index (χ2v) is 9.65. The highest BCUT2D eigenvalue weighted by molar-refractivity contribution is 5.97. The maximum Gasteiger partial charge on any atom is 0.407 e. The molecule has 9 heteroatoms. The van der Waals surface area contributed by atoms with Gasteiger partial charge in [0.15, 0.2) is 0 Å². The molecule has 0 fully saturated rings. The molecule has 2 aromatic heterocycles. The molecule has 4 N–H and O–H groups in total. The molecule has 0 bridgehead atoms. The molecule has 0 atom stereocenters. The molecule has 0 radical (unpaired) electrons. The Morgan fingerprint density at radius 2 is 1.84 bits per heavy atom.